The quantitative estimate of drug-likeness (QED) is 0.690. The van der Waals surface area contributed by atoms with Crippen LogP contribution >= 0.6 is 0 Å². The summed E-state index contributed by atoms with van der Waals surface area (Å²) in [5.41, 5.74) is 5.02. The van der Waals surface area contributed by atoms with Gasteiger partial charge < -0.3 is 20.8 Å². The fourth-order valence-electron chi connectivity index (χ4n) is 4.18. The van der Waals surface area contributed by atoms with E-state index in [2.05, 4.69) is 24.3 Å². The predicted molar refractivity (Wildman–Crippen MR) is 114 cm³/mol. The number of rotatable bonds is 3. The van der Waals surface area contributed by atoms with E-state index >= 15 is 0 Å². The molecule has 0 aliphatic heterocycles. The molecule has 1 aromatic heterocycles. The summed E-state index contributed by atoms with van der Waals surface area (Å²) in [5.74, 6) is 1.57. The Balaban J connectivity index is 0.000000287. The third kappa shape index (κ3) is 6.67. The minimum Gasteiger partial charge on any atom is -0.330 e. The average Bonchev–Trinajstić information content (AvgIpc) is 2.73. The number of alkyl halides is 3. The molecule has 1 aromatic carbocycles. The average molecular weight is 428 g/mol. The van der Waals surface area contributed by atoms with Crippen LogP contribution in [0.5, 0.6) is 0 Å². The fourth-order valence-corrected chi connectivity index (χ4v) is 4.18. The van der Waals surface area contributed by atoms with E-state index in [-0.39, 0.29) is 10.9 Å². The molecule has 0 amide bonds. The first-order chi connectivity index (χ1) is 14.2. The maximum atomic E-state index is 12.7. The van der Waals surface area contributed by atoms with Crippen LogP contribution in [0.3, 0.4) is 0 Å². The van der Waals surface area contributed by atoms with Gasteiger partial charge in [0.1, 0.15) is 6.79 Å². The second-order valence-corrected chi connectivity index (χ2v) is 7.50. The van der Waals surface area contributed by atoms with Gasteiger partial charge in [-0.15, -0.1) is 0 Å². The van der Waals surface area contributed by atoms with E-state index in [1.807, 2.05) is 6.79 Å². The number of aryl methyl sites for hydroxylation is 1. The van der Waals surface area contributed by atoms with Crippen molar-refractivity contribution in [1.29, 1.82) is 0 Å². The highest BCUT2D eigenvalue weighted by Gasteiger charge is 2.33. The number of aromatic amines is 1. The Bertz CT molecular complexity index is 840. The first-order valence-electron chi connectivity index (χ1n) is 10.1. The van der Waals surface area contributed by atoms with E-state index in [1.54, 1.807) is 13.0 Å². The Morgan fingerprint density at radius 2 is 1.83 bits per heavy atom. The second-order valence-electron chi connectivity index (χ2n) is 7.50. The van der Waals surface area contributed by atoms with Gasteiger partial charge in [-0.25, -0.2) is 0 Å². The molecule has 0 spiro atoms. The summed E-state index contributed by atoms with van der Waals surface area (Å²) in [5, 5.41) is 3.45. The SMILES string of the molecule is C=O.CCC1CCCC(CN)C1NC.Cc1ccc2[nH]c(=O)cc(C(F)(F)F)c2c1. The van der Waals surface area contributed by atoms with Gasteiger partial charge in [0.15, 0.2) is 0 Å². The molecule has 1 aliphatic rings. The van der Waals surface area contributed by atoms with E-state index in [0.29, 0.717) is 23.6 Å². The molecule has 1 aliphatic carbocycles. The Morgan fingerprint density at radius 1 is 1.20 bits per heavy atom. The molecular formula is C22H32F3N3O2. The summed E-state index contributed by atoms with van der Waals surface area (Å²) >= 11 is 0. The number of aromatic nitrogens is 1. The molecule has 3 unspecified atom stereocenters. The number of pyridine rings is 1. The van der Waals surface area contributed by atoms with E-state index in [0.717, 1.165) is 12.5 Å². The molecule has 168 valence electrons. The number of benzene rings is 1. The minimum absolute atomic E-state index is 0.0205. The highest BCUT2D eigenvalue weighted by Crippen LogP contribution is 2.33. The second kappa shape index (κ2) is 11.9. The van der Waals surface area contributed by atoms with Crippen LogP contribution in [0.1, 0.15) is 43.7 Å². The minimum atomic E-state index is -4.51. The first kappa shape index (κ1) is 25.8. The smallest absolute Gasteiger partial charge is 0.330 e. The highest BCUT2D eigenvalue weighted by molar-refractivity contribution is 5.83. The predicted octanol–water partition coefficient (Wildman–Crippen LogP) is 4.03. The van der Waals surface area contributed by atoms with Crippen molar-refractivity contribution in [3.05, 3.63) is 45.7 Å². The monoisotopic (exact) mass is 427 g/mol. The number of hydrogen-bond donors (Lipinski definition) is 3. The molecule has 1 saturated carbocycles. The lowest BCUT2D eigenvalue weighted by Gasteiger charge is -2.37. The molecule has 0 bridgehead atoms. The van der Waals surface area contributed by atoms with Crippen LogP contribution in [-0.2, 0) is 11.0 Å². The molecule has 2 aromatic rings. The molecule has 8 heteroatoms. The number of halogens is 3. The summed E-state index contributed by atoms with van der Waals surface area (Å²) in [6.07, 6.45) is 0.859. The zero-order valence-corrected chi connectivity index (χ0v) is 17.8. The van der Waals surface area contributed by atoms with Crippen LogP contribution in [0.25, 0.3) is 10.9 Å². The van der Waals surface area contributed by atoms with Gasteiger partial charge in [0.2, 0.25) is 5.56 Å². The molecule has 0 saturated heterocycles. The van der Waals surface area contributed by atoms with Gasteiger partial charge in [-0.1, -0.05) is 31.4 Å². The van der Waals surface area contributed by atoms with Crippen LogP contribution in [0.2, 0.25) is 0 Å². The largest absolute Gasteiger partial charge is 0.417 e. The summed E-state index contributed by atoms with van der Waals surface area (Å²) in [6, 6.07) is 5.80. The van der Waals surface area contributed by atoms with Gasteiger partial charge in [0.25, 0.3) is 0 Å². The number of nitrogens with two attached hydrogens (primary N) is 1. The zero-order chi connectivity index (χ0) is 22.9. The van der Waals surface area contributed by atoms with Crippen molar-refractivity contribution in [2.75, 3.05) is 13.6 Å². The van der Waals surface area contributed by atoms with E-state index in [9.17, 15) is 18.0 Å². The van der Waals surface area contributed by atoms with Crippen molar-refractivity contribution >= 4 is 17.7 Å². The summed E-state index contributed by atoms with van der Waals surface area (Å²) in [7, 11) is 2.07. The van der Waals surface area contributed by atoms with Crippen molar-refractivity contribution < 1.29 is 18.0 Å². The first-order valence-corrected chi connectivity index (χ1v) is 10.1. The lowest BCUT2D eigenvalue weighted by molar-refractivity contribution is -0.136. The van der Waals surface area contributed by atoms with Crippen LogP contribution in [0.4, 0.5) is 13.2 Å². The van der Waals surface area contributed by atoms with Crippen LogP contribution in [0, 0.1) is 18.8 Å². The molecular weight excluding hydrogens is 395 g/mol. The molecule has 4 N–H and O–H groups in total. The molecule has 1 fully saturated rings. The highest BCUT2D eigenvalue weighted by atomic mass is 19.4. The van der Waals surface area contributed by atoms with Crippen LogP contribution in [0.15, 0.2) is 29.1 Å². The van der Waals surface area contributed by atoms with Crippen LogP contribution in [-0.4, -0.2) is 31.4 Å². The number of H-pyrrole nitrogens is 1. The molecule has 0 radical (unpaired) electrons. The molecule has 5 nitrogen and oxygen atoms in total. The van der Waals surface area contributed by atoms with Gasteiger partial charge in [0.05, 0.1) is 5.56 Å². The van der Waals surface area contributed by atoms with Crippen molar-refractivity contribution in [3.8, 4) is 0 Å². The molecule has 1 heterocycles. The van der Waals surface area contributed by atoms with E-state index in [1.165, 1.54) is 37.8 Å². The van der Waals surface area contributed by atoms with Gasteiger partial charge in [-0.2, -0.15) is 13.2 Å². The molecule has 3 atom stereocenters. The summed E-state index contributed by atoms with van der Waals surface area (Å²) < 4.78 is 38.0. The normalized spacial score (nSPS) is 21.2. The Hall–Kier alpha value is -2.19. The lowest BCUT2D eigenvalue weighted by atomic mass is 9.76. The third-order valence-electron chi connectivity index (χ3n) is 5.63. The fraction of sp³-hybridized carbons (Fsp3) is 0.545. The Kier molecular flexibility index (Phi) is 10.2. The molecule has 30 heavy (non-hydrogen) atoms. The topological polar surface area (TPSA) is 88.0 Å². The number of fused-ring (bicyclic) bond motifs is 1. The van der Waals surface area contributed by atoms with Crippen molar-refractivity contribution in [1.82, 2.24) is 10.3 Å². The zero-order valence-electron chi connectivity index (χ0n) is 17.8. The lowest BCUT2D eigenvalue weighted by Crippen LogP contribution is -2.45. The maximum Gasteiger partial charge on any atom is 0.417 e. The number of carbonyl (C=O) groups is 1. The number of carbonyl (C=O) groups excluding carboxylic acids is 1. The van der Waals surface area contributed by atoms with E-state index < -0.39 is 17.3 Å². The third-order valence-corrected chi connectivity index (χ3v) is 5.63. The number of hydrogen-bond acceptors (Lipinski definition) is 4. The van der Waals surface area contributed by atoms with Gasteiger partial charge in [-0.05, 0) is 57.3 Å². The van der Waals surface area contributed by atoms with Crippen molar-refractivity contribution in [3.63, 3.8) is 0 Å². The van der Waals surface area contributed by atoms with Crippen LogP contribution < -0.4 is 16.6 Å². The van der Waals surface area contributed by atoms with E-state index in [4.69, 9.17) is 10.5 Å². The standard InChI is InChI=1S/C11H8F3NO.C10H22N2.CH2O/c1-6-2-3-9-7(4-6)8(11(12,13)14)5-10(16)15-9;1-3-8-5-4-6-9(7-11)10(8)12-2;1-2/h2-5H,1H3,(H,15,16);8-10,12H,3-7,11H2,1-2H3;1H2. The van der Waals surface area contributed by atoms with Crippen molar-refractivity contribution in [2.24, 2.45) is 17.6 Å². The Morgan fingerprint density at radius 3 is 2.37 bits per heavy atom. The van der Waals surface area contributed by atoms with Crippen molar-refractivity contribution in [2.45, 2.75) is 51.7 Å². The van der Waals surface area contributed by atoms with Gasteiger partial charge in [-0.3, -0.25) is 4.79 Å². The Labute approximate surface area is 175 Å². The van der Waals surface area contributed by atoms with Gasteiger partial charge >= 0.3 is 6.18 Å². The molecule has 3 rings (SSSR count). The summed E-state index contributed by atoms with van der Waals surface area (Å²) in [6.45, 7) is 6.83. The summed E-state index contributed by atoms with van der Waals surface area (Å²) in [4.78, 5) is 21.5. The van der Waals surface area contributed by atoms with Gasteiger partial charge in [0, 0.05) is 23.0 Å². The maximum absolute atomic E-state index is 12.7. The number of nitrogens with one attached hydrogen (secondary N) is 2.